The maximum Gasteiger partial charge on any atom is 0.234 e. The van der Waals surface area contributed by atoms with Crippen molar-refractivity contribution in [1.29, 1.82) is 0 Å². The molecule has 28 heavy (non-hydrogen) atoms. The maximum absolute atomic E-state index is 5.75. The summed E-state index contributed by atoms with van der Waals surface area (Å²) >= 11 is 1.44. The molecule has 1 aliphatic carbocycles. The van der Waals surface area contributed by atoms with Gasteiger partial charge in [-0.25, -0.2) is 9.97 Å². The maximum atomic E-state index is 5.75. The summed E-state index contributed by atoms with van der Waals surface area (Å²) in [6, 6.07) is 0. The van der Waals surface area contributed by atoms with E-state index in [2.05, 4.69) is 29.4 Å². The van der Waals surface area contributed by atoms with Gasteiger partial charge in [0.15, 0.2) is 5.82 Å². The average Bonchev–Trinajstić information content (AvgIpc) is 3.45. The first-order valence-corrected chi connectivity index (χ1v) is 10.2. The Bertz CT molecular complexity index is 957. The van der Waals surface area contributed by atoms with Crippen LogP contribution >= 0.6 is 11.5 Å². The molecule has 4 heterocycles. The summed E-state index contributed by atoms with van der Waals surface area (Å²) in [7, 11) is 3.98. The Morgan fingerprint density at radius 1 is 1.32 bits per heavy atom. The van der Waals surface area contributed by atoms with Crippen LogP contribution in [-0.4, -0.2) is 61.6 Å². The summed E-state index contributed by atoms with van der Waals surface area (Å²) in [6.07, 6.45) is 8.40. The molecule has 0 N–H and O–H groups in total. The van der Waals surface area contributed by atoms with Gasteiger partial charge in [0.25, 0.3) is 0 Å². The first kappa shape index (κ1) is 17.6. The third-order valence-electron chi connectivity index (χ3n) is 5.79. The van der Waals surface area contributed by atoms with Crippen LogP contribution in [0, 0.1) is 5.92 Å². The van der Waals surface area contributed by atoms with E-state index < -0.39 is 0 Å². The normalized spacial score (nSPS) is 24.6. The van der Waals surface area contributed by atoms with E-state index in [0.29, 0.717) is 17.4 Å². The number of likely N-dealkylation sites (tertiary alicyclic amines) is 1. The van der Waals surface area contributed by atoms with Crippen molar-refractivity contribution >= 4 is 16.7 Å². The Hall–Kier alpha value is -2.46. The molecule has 1 aliphatic heterocycles. The number of nitrogens with zero attached hydrogens (tertiary/aromatic N) is 8. The van der Waals surface area contributed by atoms with Crippen LogP contribution in [0.15, 0.2) is 23.1 Å². The fourth-order valence-electron chi connectivity index (χ4n) is 4.50. The number of fused-ring (bicyclic) bond motifs is 1. The second-order valence-electron chi connectivity index (χ2n) is 7.82. The summed E-state index contributed by atoms with van der Waals surface area (Å²) in [5, 5.41) is 5.12. The van der Waals surface area contributed by atoms with Crippen LogP contribution in [0.3, 0.4) is 0 Å². The predicted octanol–water partition coefficient (Wildman–Crippen LogP) is 2.00. The first-order chi connectivity index (χ1) is 13.6. The summed E-state index contributed by atoms with van der Waals surface area (Å²) in [4.78, 5) is 22.2. The Balaban J connectivity index is 1.37. The molecular weight excluding hydrogens is 376 g/mol. The lowest BCUT2D eigenvalue weighted by molar-refractivity contribution is 0.243. The van der Waals surface area contributed by atoms with Crippen molar-refractivity contribution < 1.29 is 4.52 Å². The fraction of sp³-hybridized carbons (Fsp3) is 0.556. The van der Waals surface area contributed by atoms with Crippen molar-refractivity contribution in [2.45, 2.75) is 31.2 Å². The van der Waals surface area contributed by atoms with Crippen molar-refractivity contribution in [1.82, 2.24) is 34.4 Å². The van der Waals surface area contributed by atoms with Crippen molar-refractivity contribution in [3.8, 4) is 11.5 Å². The summed E-state index contributed by atoms with van der Waals surface area (Å²) in [6.45, 7) is 2.67. The van der Waals surface area contributed by atoms with Gasteiger partial charge in [-0.1, -0.05) is 11.6 Å². The topological polar surface area (TPSA) is 97.0 Å². The number of hydrogen-bond donors (Lipinski definition) is 0. The second kappa shape index (κ2) is 6.85. The van der Waals surface area contributed by atoms with Gasteiger partial charge in [0, 0.05) is 51.1 Å². The lowest BCUT2D eigenvalue weighted by Gasteiger charge is -2.24. The van der Waals surface area contributed by atoms with Crippen LogP contribution in [0.5, 0.6) is 0 Å². The second-order valence-corrected chi connectivity index (χ2v) is 8.55. The van der Waals surface area contributed by atoms with E-state index in [1.807, 2.05) is 19.0 Å². The molecular formula is C18H22N8OS. The molecule has 2 fully saturated rings. The van der Waals surface area contributed by atoms with E-state index in [1.54, 1.807) is 18.6 Å². The van der Waals surface area contributed by atoms with Gasteiger partial charge in [0.05, 0.1) is 18.2 Å². The highest BCUT2D eigenvalue weighted by Gasteiger charge is 2.54. The molecule has 10 heteroatoms. The molecule has 1 saturated carbocycles. The minimum atomic E-state index is -0.0755. The molecule has 3 aromatic heterocycles. The van der Waals surface area contributed by atoms with E-state index in [-0.39, 0.29) is 5.41 Å². The van der Waals surface area contributed by atoms with Crippen molar-refractivity contribution in [3.05, 3.63) is 30.3 Å². The van der Waals surface area contributed by atoms with E-state index in [0.717, 1.165) is 42.9 Å². The largest absolute Gasteiger partial charge is 0.353 e. The highest BCUT2D eigenvalue weighted by atomic mass is 32.1. The zero-order valence-electron chi connectivity index (χ0n) is 15.9. The summed E-state index contributed by atoms with van der Waals surface area (Å²) in [5.74, 6) is 2.65. The molecule has 0 radical (unpaired) electrons. The molecule has 0 bridgehead atoms. The summed E-state index contributed by atoms with van der Waals surface area (Å²) < 4.78 is 10.3. The van der Waals surface area contributed by atoms with Gasteiger partial charge >= 0.3 is 0 Å². The molecule has 146 valence electrons. The van der Waals surface area contributed by atoms with Crippen molar-refractivity contribution in [3.63, 3.8) is 0 Å². The molecule has 2 atom stereocenters. The molecule has 1 saturated heterocycles. The molecule has 0 amide bonds. The molecule has 9 nitrogen and oxygen atoms in total. The third-order valence-corrected chi connectivity index (χ3v) is 6.71. The van der Waals surface area contributed by atoms with Gasteiger partial charge in [0.2, 0.25) is 16.8 Å². The number of rotatable bonds is 5. The lowest BCUT2D eigenvalue weighted by atomic mass is 9.80. The average molecular weight is 398 g/mol. The minimum absolute atomic E-state index is 0.0755. The van der Waals surface area contributed by atoms with Gasteiger partial charge in [-0.15, -0.1) is 0 Å². The minimum Gasteiger partial charge on any atom is -0.353 e. The SMILES string of the molecule is CN(C)c1nc(CN2C[C@H]3CCC[C@@]3(c3nc(-c4cnccn4)no3)C2)ns1. The lowest BCUT2D eigenvalue weighted by Crippen LogP contribution is -2.32. The molecule has 5 rings (SSSR count). The summed E-state index contributed by atoms with van der Waals surface area (Å²) in [5.41, 5.74) is 0.564. The highest BCUT2D eigenvalue weighted by Crippen LogP contribution is 2.50. The van der Waals surface area contributed by atoms with Gasteiger partial charge in [-0.2, -0.15) is 9.36 Å². The molecule has 2 aliphatic rings. The molecule has 0 unspecified atom stereocenters. The smallest absolute Gasteiger partial charge is 0.234 e. The van der Waals surface area contributed by atoms with Crippen LogP contribution in [0.2, 0.25) is 0 Å². The van der Waals surface area contributed by atoms with Crippen molar-refractivity contribution in [2.75, 3.05) is 32.1 Å². The highest BCUT2D eigenvalue weighted by molar-refractivity contribution is 7.09. The Morgan fingerprint density at radius 3 is 3.04 bits per heavy atom. The molecule has 3 aromatic rings. The standard InChI is InChI=1S/C18H22N8OS/c1-25(2)17-21-14(24-28-17)10-26-9-12-4-3-5-18(12,11-26)16-22-15(23-27-16)13-8-19-6-7-20-13/h6-8,12H,3-5,9-11H2,1-2H3/t12-,18-/m1/s1. The van der Waals surface area contributed by atoms with Gasteiger partial charge in [0.1, 0.15) is 5.69 Å². The van der Waals surface area contributed by atoms with Crippen molar-refractivity contribution in [2.24, 2.45) is 5.92 Å². The number of anilines is 1. The van der Waals surface area contributed by atoms with Crippen LogP contribution in [0.1, 0.15) is 31.0 Å². The van der Waals surface area contributed by atoms with E-state index >= 15 is 0 Å². The van der Waals surface area contributed by atoms with Crippen LogP contribution < -0.4 is 4.90 Å². The van der Waals surface area contributed by atoms with E-state index in [9.17, 15) is 0 Å². The third kappa shape index (κ3) is 2.96. The first-order valence-electron chi connectivity index (χ1n) is 9.47. The van der Waals surface area contributed by atoms with Crippen LogP contribution in [-0.2, 0) is 12.0 Å². The van der Waals surface area contributed by atoms with Crippen LogP contribution in [0.25, 0.3) is 11.5 Å². The quantitative estimate of drug-likeness (QED) is 0.639. The predicted molar refractivity (Wildman–Crippen MR) is 104 cm³/mol. The fourth-order valence-corrected chi connectivity index (χ4v) is 5.09. The molecule has 0 aromatic carbocycles. The number of aromatic nitrogens is 6. The van der Waals surface area contributed by atoms with Gasteiger partial charge < -0.3 is 9.42 Å². The zero-order chi connectivity index (χ0) is 19.1. The Labute approximate surface area is 167 Å². The van der Waals surface area contributed by atoms with Gasteiger partial charge in [-0.3, -0.25) is 9.88 Å². The number of hydrogen-bond acceptors (Lipinski definition) is 10. The van der Waals surface area contributed by atoms with E-state index in [4.69, 9.17) is 9.51 Å². The Kier molecular flexibility index (Phi) is 4.31. The van der Waals surface area contributed by atoms with Crippen LogP contribution in [0.4, 0.5) is 5.13 Å². The Morgan fingerprint density at radius 2 is 2.25 bits per heavy atom. The van der Waals surface area contributed by atoms with Gasteiger partial charge in [-0.05, 0) is 18.8 Å². The zero-order valence-corrected chi connectivity index (χ0v) is 16.8. The molecule has 0 spiro atoms. The monoisotopic (exact) mass is 398 g/mol. The van der Waals surface area contributed by atoms with E-state index in [1.165, 1.54) is 24.4 Å².